The molecule has 0 spiro atoms. The number of nitrogens with zero attached hydrogens (tertiary/aromatic N) is 3. The van der Waals surface area contributed by atoms with Gasteiger partial charge in [-0.25, -0.2) is 9.97 Å². The minimum Gasteiger partial charge on any atom is -0.330 e. The van der Waals surface area contributed by atoms with E-state index in [0.29, 0.717) is 6.04 Å². The van der Waals surface area contributed by atoms with Crippen LogP contribution in [0.1, 0.15) is 46.2 Å². The average molecular weight is 262 g/mol. The zero-order valence-electron chi connectivity index (χ0n) is 11.0. The summed E-state index contributed by atoms with van der Waals surface area (Å²) >= 11 is 1.77. The molecule has 96 valence electrons. The maximum absolute atomic E-state index is 4.67. The molecule has 0 aliphatic heterocycles. The summed E-state index contributed by atoms with van der Waals surface area (Å²) in [5.74, 6) is 0. The molecule has 0 bridgehead atoms. The molecule has 0 radical (unpaired) electrons. The van der Waals surface area contributed by atoms with Crippen LogP contribution in [0, 0.1) is 13.8 Å². The van der Waals surface area contributed by atoms with Gasteiger partial charge in [0.2, 0.25) is 0 Å². The van der Waals surface area contributed by atoms with E-state index in [1.54, 1.807) is 11.3 Å². The van der Waals surface area contributed by atoms with Crippen molar-refractivity contribution in [3.05, 3.63) is 33.8 Å². The molecule has 18 heavy (non-hydrogen) atoms. The zero-order chi connectivity index (χ0) is 12.7. The fraction of sp³-hybridized carbons (Fsp3) is 0.538. The molecule has 0 saturated heterocycles. The summed E-state index contributed by atoms with van der Waals surface area (Å²) in [6.45, 7) is 4.20. The lowest BCUT2D eigenvalue weighted by Gasteiger charge is -2.15. The third kappa shape index (κ3) is 1.97. The van der Waals surface area contributed by atoms with Crippen LogP contribution >= 0.6 is 11.3 Å². The van der Waals surface area contributed by atoms with Gasteiger partial charge in [0.05, 0.1) is 23.9 Å². The molecular formula is C13H18N4S. The summed E-state index contributed by atoms with van der Waals surface area (Å²) in [4.78, 5) is 10.3. The van der Waals surface area contributed by atoms with Crippen LogP contribution in [0.2, 0.25) is 0 Å². The molecule has 2 aromatic heterocycles. The molecule has 1 fully saturated rings. The number of hydrogen-bond acceptors (Lipinski definition) is 4. The highest BCUT2D eigenvalue weighted by molar-refractivity contribution is 7.11. The maximum atomic E-state index is 4.67. The van der Waals surface area contributed by atoms with Crippen molar-refractivity contribution in [1.82, 2.24) is 19.9 Å². The number of hydrogen-bond donors (Lipinski definition) is 1. The van der Waals surface area contributed by atoms with E-state index < -0.39 is 0 Å². The van der Waals surface area contributed by atoms with Crippen LogP contribution in [0.3, 0.4) is 0 Å². The van der Waals surface area contributed by atoms with E-state index in [9.17, 15) is 0 Å². The molecule has 1 aliphatic carbocycles. The molecule has 0 aromatic carbocycles. The van der Waals surface area contributed by atoms with Crippen LogP contribution in [-0.4, -0.2) is 21.6 Å². The zero-order valence-corrected chi connectivity index (χ0v) is 11.8. The van der Waals surface area contributed by atoms with Crippen molar-refractivity contribution in [2.45, 2.75) is 38.8 Å². The van der Waals surface area contributed by atoms with Crippen molar-refractivity contribution < 1.29 is 0 Å². The fourth-order valence-electron chi connectivity index (χ4n) is 2.22. The number of thiazole rings is 1. The smallest absolute Gasteiger partial charge is 0.116 e. The van der Waals surface area contributed by atoms with E-state index in [1.165, 1.54) is 23.4 Å². The average Bonchev–Trinajstić information content (AvgIpc) is 3.00. The summed E-state index contributed by atoms with van der Waals surface area (Å²) in [7, 11) is 1.99. The van der Waals surface area contributed by atoms with Crippen LogP contribution in [-0.2, 0) is 0 Å². The Morgan fingerprint density at radius 1 is 1.44 bits per heavy atom. The Kier molecular flexibility index (Phi) is 2.95. The van der Waals surface area contributed by atoms with Crippen LogP contribution in [0.5, 0.6) is 0 Å². The summed E-state index contributed by atoms with van der Waals surface area (Å²) < 4.78 is 2.30. The number of nitrogens with one attached hydrogen (secondary N) is 1. The monoisotopic (exact) mass is 262 g/mol. The first-order valence-corrected chi connectivity index (χ1v) is 7.15. The lowest BCUT2D eigenvalue weighted by Crippen LogP contribution is -2.20. The molecule has 3 rings (SSSR count). The third-order valence-electron chi connectivity index (χ3n) is 3.51. The van der Waals surface area contributed by atoms with Crippen molar-refractivity contribution in [3.8, 4) is 0 Å². The van der Waals surface area contributed by atoms with Crippen molar-refractivity contribution >= 4 is 11.3 Å². The minimum absolute atomic E-state index is 0.158. The van der Waals surface area contributed by atoms with Gasteiger partial charge in [-0.15, -0.1) is 11.3 Å². The van der Waals surface area contributed by atoms with Crippen molar-refractivity contribution in [1.29, 1.82) is 0 Å². The topological polar surface area (TPSA) is 42.7 Å². The van der Waals surface area contributed by atoms with Crippen LogP contribution in [0.15, 0.2) is 12.5 Å². The lowest BCUT2D eigenvalue weighted by molar-refractivity contribution is 0.598. The Morgan fingerprint density at radius 3 is 2.78 bits per heavy atom. The fourth-order valence-corrected chi connectivity index (χ4v) is 3.26. The van der Waals surface area contributed by atoms with Gasteiger partial charge < -0.3 is 9.88 Å². The lowest BCUT2D eigenvalue weighted by atomic mass is 10.2. The molecule has 2 heterocycles. The van der Waals surface area contributed by atoms with Gasteiger partial charge in [0.25, 0.3) is 0 Å². The summed E-state index contributed by atoms with van der Waals surface area (Å²) in [5, 5.41) is 4.51. The molecule has 1 N–H and O–H groups in total. The molecule has 2 aromatic rings. The molecular weight excluding hydrogens is 244 g/mol. The first-order valence-electron chi connectivity index (χ1n) is 6.33. The number of aryl methyl sites for hydroxylation is 2. The van der Waals surface area contributed by atoms with Crippen LogP contribution in [0.4, 0.5) is 0 Å². The Morgan fingerprint density at radius 2 is 2.22 bits per heavy atom. The Labute approximate surface area is 111 Å². The van der Waals surface area contributed by atoms with Crippen molar-refractivity contribution in [2.24, 2.45) is 0 Å². The van der Waals surface area contributed by atoms with Gasteiger partial charge in [-0.3, -0.25) is 0 Å². The molecule has 1 unspecified atom stereocenters. The Bertz CT molecular complexity index is 534. The first-order chi connectivity index (χ1) is 8.70. The highest BCUT2D eigenvalue weighted by Gasteiger charge is 2.29. The summed E-state index contributed by atoms with van der Waals surface area (Å²) in [6, 6.07) is 0.811. The maximum Gasteiger partial charge on any atom is 0.116 e. The highest BCUT2D eigenvalue weighted by atomic mass is 32.1. The number of imidazole rings is 1. The number of rotatable bonds is 4. The third-order valence-corrected chi connectivity index (χ3v) is 4.65. The van der Waals surface area contributed by atoms with E-state index in [-0.39, 0.29) is 6.04 Å². The standard InChI is InChI=1S/C13H18N4S/c1-8-9(2)18-13(16-8)12(14-3)11-6-15-7-17(11)10-4-5-10/h6-7,10,12,14H,4-5H2,1-3H3. The van der Waals surface area contributed by atoms with E-state index in [0.717, 1.165) is 10.7 Å². The van der Waals surface area contributed by atoms with Crippen molar-refractivity contribution in [2.75, 3.05) is 7.05 Å². The van der Waals surface area contributed by atoms with Gasteiger partial charge in [0, 0.05) is 10.9 Å². The quantitative estimate of drug-likeness (QED) is 0.921. The largest absolute Gasteiger partial charge is 0.330 e. The van der Waals surface area contributed by atoms with Gasteiger partial charge in [-0.05, 0) is 33.7 Å². The highest BCUT2D eigenvalue weighted by Crippen LogP contribution is 2.38. The van der Waals surface area contributed by atoms with Gasteiger partial charge in [0.1, 0.15) is 11.0 Å². The SMILES string of the molecule is CNC(c1nc(C)c(C)s1)c1cncn1C1CC1. The van der Waals surface area contributed by atoms with Gasteiger partial charge in [-0.1, -0.05) is 0 Å². The second-order valence-electron chi connectivity index (χ2n) is 4.87. The minimum atomic E-state index is 0.158. The molecule has 0 amide bonds. The second kappa shape index (κ2) is 4.48. The molecule has 1 aliphatic rings. The first kappa shape index (κ1) is 11.9. The van der Waals surface area contributed by atoms with E-state index in [1.807, 2.05) is 19.6 Å². The normalized spacial score (nSPS) is 17.1. The van der Waals surface area contributed by atoms with Crippen molar-refractivity contribution in [3.63, 3.8) is 0 Å². The van der Waals surface area contributed by atoms with Gasteiger partial charge in [-0.2, -0.15) is 0 Å². The number of aromatic nitrogens is 3. The molecule has 4 nitrogen and oxygen atoms in total. The molecule has 5 heteroatoms. The van der Waals surface area contributed by atoms with Crippen LogP contribution in [0.25, 0.3) is 0 Å². The van der Waals surface area contributed by atoms with E-state index >= 15 is 0 Å². The summed E-state index contributed by atoms with van der Waals surface area (Å²) in [5.41, 5.74) is 2.36. The van der Waals surface area contributed by atoms with E-state index in [4.69, 9.17) is 0 Å². The van der Waals surface area contributed by atoms with Gasteiger partial charge >= 0.3 is 0 Å². The van der Waals surface area contributed by atoms with Gasteiger partial charge in [0.15, 0.2) is 0 Å². The van der Waals surface area contributed by atoms with E-state index in [2.05, 4.69) is 33.7 Å². The molecule has 1 saturated carbocycles. The second-order valence-corrected chi connectivity index (χ2v) is 6.11. The van der Waals surface area contributed by atoms with Crippen LogP contribution < -0.4 is 5.32 Å². The Balaban J connectivity index is 1.98. The molecule has 1 atom stereocenters. The predicted molar refractivity (Wildman–Crippen MR) is 73.0 cm³/mol. The summed E-state index contributed by atoms with van der Waals surface area (Å²) in [6.07, 6.45) is 6.46. The Hall–Kier alpha value is -1.20. The predicted octanol–water partition coefficient (Wildman–Crippen LogP) is 2.60.